The van der Waals surface area contributed by atoms with Crippen LogP contribution in [0.5, 0.6) is 0 Å². The Morgan fingerprint density at radius 3 is 2.55 bits per heavy atom. The first kappa shape index (κ1) is 8.54. The molecule has 2 N–H and O–H groups in total. The lowest BCUT2D eigenvalue weighted by Crippen LogP contribution is -2.26. The van der Waals surface area contributed by atoms with Gasteiger partial charge in [0.15, 0.2) is 0 Å². The molecule has 0 amide bonds. The van der Waals surface area contributed by atoms with Crippen LogP contribution in [0.3, 0.4) is 0 Å². The van der Waals surface area contributed by atoms with E-state index in [1.165, 1.54) is 24.0 Å². The van der Waals surface area contributed by atoms with E-state index < -0.39 is 0 Å². The second-order valence-electron chi connectivity index (χ2n) is 3.06. The summed E-state index contributed by atoms with van der Waals surface area (Å²) in [4.78, 5) is 0. The third-order valence-electron chi connectivity index (χ3n) is 2.39. The second-order valence-corrected chi connectivity index (χ2v) is 3.06. The summed E-state index contributed by atoms with van der Waals surface area (Å²) >= 11 is 0. The molecule has 1 aliphatic rings. The maximum atomic E-state index is 5.95. The molecule has 0 aromatic heterocycles. The van der Waals surface area contributed by atoms with Crippen LogP contribution in [0, 0.1) is 0 Å². The second kappa shape index (κ2) is 3.72. The minimum atomic E-state index is 0.292. The van der Waals surface area contributed by atoms with Gasteiger partial charge in [-0.1, -0.05) is 12.2 Å². The first-order valence-electron chi connectivity index (χ1n) is 4.37. The predicted molar refractivity (Wildman–Crippen MR) is 49.3 cm³/mol. The first-order valence-corrected chi connectivity index (χ1v) is 4.37. The summed E-state index contributed by atoms with van der Waals surface area (Å²) in [5, 5.41) is 0. The van der Waals surface area contributed by atoms with Crippen LogP contribution in [0.15, 0.2) is 23.3 Å². The molecule has 1 fully saturated rings. The molecule has 0 bridgehead atoms. The molecular formula is C10H17N. The minimum Gasteiger partial charge on any atom is -0.324 e. The molecule has 1 heteroatoms. The van der Waals surface area contributed by atoms with Gasteiger partial charge in [0.05, 0.1) is 0 Å². The van der Waals surface area contributed by atoms with Crippen molar-refractivity contribution in [3.63, 3.8) is 0 Å². The fourth-order valence-corrected chi connectivity index (χ4v) is 1.76. The van der Waals surface area contributed by atoms with Crippen molar-refractivity contribution >= 4 is 0 Å². The molecule has 1 rings (SSSR count). The highest BCUT2D eigenvalue weighted by atomic mass is 14.6. The van der Waals surface area contributed by atoms with Gasteiger partial charge in [-0.25, -0.2) is 0 Å². The van der Waals surface area contributed by atoms with E-state index in [2.05, 4.69) is 26.0 Å². The summed E-state index contributed by atoms with van der Waals surface area (Å²) in [6.07, 6.45) is 7.95. The molecule has 1 nitrogen and oxygen atoms in total. The zero-order chi connectivity index (χ0) is 8.27. The Bertz CT molecular complexity index is 189. The van der Waals surface area contributed by atoms with Crippen LogP contribution in [0.1, 0.15) is 33.1 Å². The van der Waals surface area contributed by atoms with E-state index in [0.717, 1.165) is 6.42 Å². The third-order valence-corrected chi connectivity index (χ3v) is 2.39. The molecule has 1 saturated carbocycles. The van der Waals surface area contributed by atoms with E-state index in [9.17, 15) is 0 Å². The Hall–Kier alpha value is -0.560. The van der Waals surface area contributed by atoms with E-state index in [0.29, 0.717) is 6.04 Å². The Balaban J connectivity index is 2.81. The molecule has 0 aromatic carbocycles. The molecule has 11 heavy (non-hydrogen) atoms. The number of allylic oxidation sites excluding steroid dienone is 2. The quantitative estimate of drug-likeness (QED) is 0.565. The van der Waals surface area contributed by atoms with E-state index in [-0.39, 0.29) is 0 Å². The highest BCUT2D eigenvalue weighted by molar-refractivity contribution is 5.36. The lowest BCUT2D eigenvalue weighted by Gasteiger charge is -2.24. The smallest absolute Gasteiger partial charge is 0.0294 e. The highest BCUT2D eigenvalue weighted by Gasteiger charge is 2.17. The van der Waals surface area contributed by atoms with Crippen molar-refractivity contribution in [3.05, 3.63) is 23.3 Å². The number of rotatable bonds is 0. The highest BCUT2D eigenvalue weighted by Crippen LogP contribution is 2.27. The molecule has 0 radical (unpaired) electrons. The van der Waals surface area contributed by atoms with Crippen molar-refractivity contribution in [2.75, 3.05) is 0 Å². The van der Waals surface area contributed by atoms with Crippen molar-refractivity contribution < 1.29 is 0 Å². The third kappa shape index (κ3) is 1.72. The van der Waals surface area contributed by atoms with Gasteiger partial charge in [0, 0.05) is 6.04 Å². The summed E-state index contributed by atoms with van der Waals surface area (Å²) in [5.74, 6) is 0. The molecule has 1 unspecified atom stereocenters. The zero-order valence-electron chi connectivity index (χ0n) is 7.43. The number of hydrogen-bond donors (Lipinski definition) is 1. The molecule has 1 aliphatic carbocycles. The van der Waals surface area contributed by atoms with Gasteiger partial charge in [-0.2, -0.15) is 0 Å². The average molecular weight is 151 g/mol. The molecule has 0 saturated heterocycles. The molecular weight excluding hydrogens is 134 g/mol. The van der Waals surface area contributed by atoms with Gasteiger partial charge < -0.3 is 5.73 Å². The molecule has 62 valence electrons. The molecule has 0 heterocycles. The van der Waals surface area contributed by atoms with Crippen molar-refractivity contribution in [1.29, 1.82) is 0 Å². The van der Waals surface area contributed by atoms with Crippen LogP contribution in [-0.2, 0) is 0 Å². The van der Waals surface area contributed by atoms with Gasteiger partial charge in [-0.3, -0.25) is 0 Å². The van der Waals surface area contributed by atoms with Gasteiger partial charge in [0.2, 0.25) is 0 Å². The van der Waals surface area contributed by atoms with Gasteiger partial charge in [0.25, 0.3) is 0 Å². The van der Waals surface area contributed by atoms with E-state index in [4.69, 9.17) is 5.73 Å². The lowest BCUT2D eigenvalue weighted by atomic mass is 9.86. The Kier molecular flexibility index (Phi) is 2.89. The standard InChI is InChI=1S/C10H17N/c1-3-8-6-5-7-10(11)9(8)4-2/h3-4,10H,5-7,11H2,1-2H3/b8-3-,9-4+. The molecule has 0 spiro atoms. The molecule has 0 aromatic rings. The molecule has 0 aliphatic heterocycles. The summed E-state index contributed by atoms with van der Waals surface area (Å²) in [7, 11) is 0. The maximum Gasteiger partial charge on any atom is 0.0294 e. The zero-order valence-corrected chi connectivity index (χ0v) is 7.43. The fourth-order valence-electron chi connectivity index (χ4n) is 1.76. The average Bonchev–Trinajstić information content (AvgIpc) is 2.04. The minimum absolute atomic E-state index is 0.292. The van der Waals surface area contributed by atoms with Gasteiger partial charge in [-0.05, 0) is 44.3 Å². The van der Waals surface area contributed by atoms with Crippen LogP contribution >= 0.6 is 0 Å². The van der Waals surface area contributed by atoms with Crippen LogP contribution in [0.2, 0.25) is 0 Å². The van der Waals surface area contributed by atoms with Gasteiger partial charge >= 0.3 is 0 Å². The summed E-state index contributed by atoms with van der Waals surface area (Å²) in [6.45, 7) is 4.17. The van der Waals surface area contributed by atoms with Crippen LogP contribution < -0.4 is 5.73 Å². The van der Waals surface area contributed by atoms with E-state index in [1.54, 1.807) is 0 Å². The van der Waals surface area contributed by atoms with E-state index >= 15 is 0 Å². The van der Waals surface area contributed by atoms with Crippen molar-refractivity contribution in [3.8, 4) is 0 Å². The lowest BCUT2D eigenvalue weighted by molar-refractivity contribution is 0.598. The Morgan fingerprint density at radius 1 is 1.36 bits per heavy atom. The number of hydrogen-bond acceptors (Lipinski definition) is 1. The van der Waals surface area contributed by atoms with E-state index in [1.807, 2.05) is 0 Å². The van der Waals surface area contributed by atoms with Gasteiger partial charge in [-0.15, -0.1) is 0 Å². The largest absolute Gasteiger partial charge is 0.324 e. The summed E-state index contributed by atoms with van der Waals surface area (Å²) in [6, 6.07) is 0.292. The van der Waals surface area contributed by atoms with Crippen LogP contribution in [0.25, 0.3) is 0 Å². The molecule has 1 atom stereocenters. The van der Waals surface area contributed by atoms with Crippen LogP contribution in [0.4, 0.5) is 0 Å². The van der Waals surface area contributed by atoms with Gasteiger partial charge in [0.1, 0.15) is 0 Å². The maximum absolute atomic E-state index is 5.95. The summed E-state index contributed by atoms with van der Waals surface area (Å²) in [5.41, 5.74) is 8.76. The normalized spacial score (nSPS) is 33.2. The van der Waals surface area contributed by atoms with Crippen molar-refractivity contribution in [2.24, 2.45) is 5.73 Å². The monoisotopic (exact) mass is 151 g/mol. The number of nitrogens with two attached hydrogens (primary N) is 1. The Labute approximate surface area is 69.0 Å². The first-order chi connectivity index (χ1) is 5.29. The topological polar surface area (TPSA) is 26.0 Å². The van der Waals surface area contributed by atoms with Crippen molar-refractivity contribution in [2.45, 2.75) is 39.2 Å². The SMILES string of the molecule is C/C=C1/CCCC(N)/C1=C/C. The fraction of sp³-hybridized carbons (Fsp3) is 0.600. The van der Waals surface area contributed by atoms with Crippen LogP contribution in [-0.4, -0.2) is 6.04 Å². The summed E-state index contributed by atoms with van der Waals surface area (Å²) < 4.78 is 0. The predicted octanol–water partition coefficient (Wildman–Crippen LogP) is 2.39. The Morgan fingerprint density at radius 2 is 2.09 bits per heavy atom. The van der Waals surface area contributed by atoms with Crippen molar-refractivity contribution in [1.82, 2.24) is 0 Å².